The highest BCUT2D eigenvalue weighted by atomic mass is 32.2. The summed E-state index contributed by atoms with van der Waals surface area (Å²) in [7, 11) is -3.23. The van der Waals surface area contributed by atoms with Crippen molar-refractivity contribution in [3.63, 3.8) is 0 Å². The molecule has 1 fully saturated rings. The number of aromatic nitrogens is 4. The van der Waals surface area contributed by atoms with Crippen LogP contribution in [0.3, 0.4) is 0 Å². The first kappa shape index (κ1) is 15.5. The van der Waals surface area contributed by atoms with E-state index < -0.39 is 15.3 Å². The van der Waals surface area contributed by atoms with E-state index in [0.717, 1.165) is 28.3 Å². The van der Waals surface area contributed by atoms with Gasteiger partial charge in [-0.2, -0.15) is 5.10 Å². The Morgan fingerprint density at radius 2 is 2.12 bits per heavy atom. The van der Waals surface area contributed by atoms with Gasteiger partial charge < -0.3 is 0 Å². The molecule has 0 bridgehead atoms. The quantitative estimate of drug-likeness (QED) is 0.784. The van der Waals surface area contributed by atoms with E-state index >= 15 is 0 Å². The van der Waals surface area contributed by atoms with Crippen molar-refractivity contribution in [1.29, 1.82) is 0 Å². The molecule has 0 saturated carbocycles. The van der Waals surface area contributed by atoms with Gasteiger partial charge in [-0.25, -0.2) is 22.7 Å². The lowest BCUT2D eigenvalue weighted by Crippen LogP contribution is -2.34. The van der Waals surface area contributed by atoms with E-state index in [9.17, 15) is 8.42 Å². The molecule has 24 heavy (non-hydrogen) atoms. The predicted octanol–water partition coefficient (Wildman–Crippen LogP) is 2.03. The van der Waals surface area contributed by atoms with Gasteiger partial charge in [0.2, 0.25) is 10.0 Å². The minimum absolute atomic E-state index is 0.0928. The van der Waals surface area contributed by atoms with Crippen LogP contribution in [-0.4, -0.2) is 51.2 Å². The summed E-state index contributed by atoms with van der Waals surface area (Å²) in [6.07, 6.45) is 6.04. The minimum atomic E-state index is -3.23. The molecule has 0 spiro atoms. The van der Waals surface area contributed by atoms with Gasteiger partial charge >= 0.3 is 0 Å². The lowest BCUT2D eigenvalue weighted by Gasteiger charge is -2.19. The predicted molar refractivity (Wildman–Crippen MR) is 92.2 cm³/mol. The molecule has 4 rings (SSSR count). The Kier molecular flexibility index (Phi) is 3.54. The van der Waals surface area contributed by atoms with Gasteiger partial charge in [0.1, 0.15) is 0 Å². The van der Waals surface area contributed by atoms with Gasteiger partial charge in [0.15, 0.2) is 5.65 Å². The molecule has 1 aliphatic rings. The van der Waals surface area contributed by atoms with Crippen LogP contribution in [0.2, 0.25) is 0 Å². The van der Waals surface area contributed by atoms with Crippen molar-refractivity contribution in [3.05, 3.63) is 30.4 Å². The third-order valence-corrected chi connectivity index (χ3v) is 6.98. The highest BCUT2D eigenvalue weighted by Crippen LogP contribution is 2.34. The Balaban J connectivity index is 1.79. The number of aromatic amines is 1. The molecule has 1 saturated heterocycles. The number of nitrogens with zero attached hydrogens (tertiary/aromatic N) is 4. The fourth-order valence-electron chi connectivity index (χ4n) is 3.39. The average molecular weight is 345 g/mol. The zero-order valence-electron chi connectivity index (χ0n) is 13.6. The third kappa shape index (κ3) is 2.29. The van der Waals surface area contributed by atoms with Gasteiger partial charge in [-0.1, -0.05) is 0 Å². The zero-order valence-corrected chi connectivity index (χ0v) is 14.4. The summed E-state index contributed by atoms with van der Waals surface area (Å²) in [5, 5.41) is 9.89. The molecular formula is C16H19N5O2S. The molecule has 7 nitrogen and oxygen atoms in total. The summed E-state index contributed by atoms with van der Waals surface area (Å²) in [6, 6.07) is 1.94. The Hall–Kier alpha value is -2.06. The van der Waals surface area contributed by atoms with Crippen LogP contribution in [0.5, 0.6) is 0 Å². The summed E-state index contributed by atoms with van der Waals surface area (Å²) in [5.41, 5.74) is 1.67. The number of pyridine rings is 1. The highest BCUT2D eigenvalue weighted by Gasteiger charge is 2.35. The van der Waals surface area contributed by atoms with E-state index in [1.54, 1.807) is 36.7 Å². The molecule has 126 valence electrons. The summed E-state index contributed by atoms with van der Waals surface area (Å²) in [5.74, 6) is 0.0928. The van der Waals surface area contributed by atoms with E-state index in [2.05, 4.69) is 20.2 Å². The molecular weight excluding hydrogens is 326 g/mol. The van der Waals surface area contributed by atoms with Crippen molar-refractivity contribution in [2.75, 3.05) is 13.1 Å². The number of nitrogens with one attached hydrogen (secondary N) is 1. The molecule has 1 unspecified atom stereocenters. The molecule has 4 heterocycles. The second-order valence-corrected chi connectivity index (χ2v) is 8.98. The molecule has 0 amide bonds. The number of hydrogen-bond donors (Lipinski definition) is 1. The van der Waals surface area contributed by atoms with Gasteiger partial charge in [-0.3, -0.25) is 5.10 Å². The van der Waals surface area contributed by atoms with Crippen LogP contribution in [0.15, 0.2) is 24.7 Å². The van der Waals surface area contributed by atoms with Crippen molar-refractivity contribution in [1.82, 2.24) is 24.5 Å². The van der Waals surface area contributed by atoms with Crippen molar-refractivity contribution < 1.29 is 8.42 Å². The normalized spacial score (nSPS) is 19.7. The standard InChI is InChI=1S/C16H19N5O2S/c1-10(2)24(22,23)21-6-4-11(9-21)15-14-12(8-19-20-15)7-18-16-13(14)3-5-17-16/h3,5,7-8,10-11,20H,4,6,9H2,1-2H3. The largest absolute Gasteiger partial charge is 0.282 e. The topological polar surface area (TPSA) is 91.8 Å². The number of fused-ring (bicyclic) bond motifs is 3. The zero-order chi connectivity index (χ0) is 16.9. The van der Waals surface area contributed by atoms with E-state index in [1.807, 2.05) is 6.07 Å². The molecule has 0 aliphatic carbocycles. The fourth-order valence-corrected chi connectivity index (χ4v) is 4.73. The molecule has 1 atom stereocenters. The van der Waals surface area contributed by atoms with Crippen LogP contribution >= 0.6 is 0 Å². The summed E-state index contributed by atoms with van der Waals surface area (Å²) >= 11 is 0. The van der Waals surface area contributed by atoms with Crippen LogP contribution in [0, 0.1) is 0 Å². The number of sulfonamides is 1. The van der Waals surface area contributed by atoms with Crippen molar-refractivity contribution in [2.45, 2.75) is 31.4 Å². The summed E-state index contributed by atoms with van der Waals surface area (Å²) in [6.45, 7) is 4.47. The second-order valence-electron chi connectivity index (χ2n) is 6.49. The number of H-pyrrole nitrogens is 1. The Morgan fingerprint density at radius 1 is 1.29 bits per heavy atom. The van der Waals surface area contributed by atoms with Crippen LogP contribution in [-0.2, 0) is 10.0 Å². The fraction of sp³-hybridized carbons (Fsp3) is 0.438. The number of hydrogen-bond acceptors (Lipinski definition) is 5. The van der Waals surface area contributed by atoms with E-state index in [0.29, 0.717) is 18.7 Å². The first-order valence-corrected chi connectivity index (χ1v) is 9.54. The van der Waals surface area contributed by atoms with Crippen LogP contribution < -0.4 is 0 Å². The van der Waals surface area contributed by atoms with Crippen molar-refractivity contribution in [2.24, 2.45) is 0 Å². The third-order valence-electron chi connectivity index (χ3n) is 4.74. The second kappa shape index (κ2) is 5.49. The van der Waals surface area contributed by atoms with E-state index in [4.69, 9.17) is 0 Å². The average Bonchev–Trinajstić information content (AvgIpc) is 3.23. The molecule has 0 radical (unpaired) electrons. The summed E-state index contributed by atoms with van der Waals surface area (Å²) in [4.78, 5) is 8.61. The maximum Gasteiger partial charge on any atom is 0.216 e. The van der Waals surface area contributed by atoms with E-state index in [1.165, 1.54) is 0 Å². The smallest absolute Gasteiger partial charge is 0.216 e. The van der Waals surface area contributed by atoms with Crippen LogP contribution in [0.1, 0.15) is 31.9 Å². The summed E-state index contributed by atoms with van der Waals surface area (Å²) < 4.78 is 26.4. The van der Waals surface area contributed by atoms with E-state index in [-0.39, 0.29) is 5.92 Å². The first-order valence-electron chi connectivity index (χ1n) is 8.04. The Bertz CT molecular complexity index is 1010. The molecule has 3 aromatic rings. The molecule has 0 aromatic carbocycles. The lowest BCUT2D eigenvalue weighted by molar-refractivity contribution is 0.465. The number of rotatable bonds is 3. The van der Waals surface area contributed by atoms with Gasteiger partial charge in [0, 0.05) is 53.3 Å². The highest BCUT2D eigenvalue weighted by molar-refractivity contribution is 7.89. The Labute approximate surface area is 140 Å². The molecule has 8 heteroatoms. The lowest BCUT2D eigenvalue weighted by atomic mass is 9.98. The maximum absolute atomic E-state index is 12.4. The van der Waals surface area contributed by atoms with Crippen LogP contribution in [0.25, 0.3) is 21.8 Å². The van der Waals surface area contributed by atoms with Gasteiger partial charge in [0.25, 0.3) is 0 Å². The van der Waals surface area contributed by atoms with Crippen molar-refractivity contribution in [3.8, 4) is 0 Å². The Morgan fingerprint density at radius 3 is 2.92 bits per heavy atom. The van der Waals surface area contributed by atoms with Gasteiger partial charge in [-0.15, -0.1) is 0 Å². The molecule has 1 N–H and O–H groups in total. The van der Waals surface area contributed by atoms with Crippen LogP contribution in [0.4, 0.5) is 0 Å². The van der Waals surface area contributed by atoms with Crippen molar-refractivity contribution >= 4 is 31.8 Å². The molecule has 3 aromatic heterocycles. The monoisotopic (exact) mass is 345 g/mol. The maximum atomic E-state index is 12.4. The van der Waals surface area contributed by atoms with Gasteiger partial charge in [0.05, 0.1) is 11.4 Å². The SMILES string of the molecule is CC(C)S(=O)(=O)N1CCC(c2[nH]ncc3cnc4nccc4c23)C1. The molecule has 1 aliphatic heterocycles. The minimum Gasteiger partial charge on any atom is -0.282 e. The first-order chi connectivity index (χ1) is 11.5. The van der Waals surface area contributed by atoms with Gasteiger partial charge in [-0.05, 0) is 26.3 Å².